The van der Waals surface area contributed by atoms with Crippen LogP contribution in [0.3, 0.4) is 0 Å². The van der Waals surface area contributed by atoms with Gasteiger partial charge in [-0.3, -0.25) is 0 Å². The maximum atomic E-state index is 5.44. The van der Waals surface area contributed by atoms with E-state index >= 15 is 0 Å². The molecule has 1 heteroatoms. The van der Waals surface area contributed by atoms with Crippen molar-refractivity contribution in [2.45, 2.75) is 51.6 Å². The molecule has 1 nitrogen and oxygen atoms in total. The largest absolute Gasteiger partial charge is 0.373 e. The van der Waals surface area contributed by atoms with E-state index < -0.39 is 0 Å². The van der Waals surface area contributed by atoms with Crippen LogP contribution in [0.2, 0.25) is 0 Å². The summed E-state index contributed by atoms with van der Waals surface area (Å²) < 4.78 is 5.44. The molecule has 1 fully saturated rings. The van der Waals surface area contributed by atoms with Crippen LogP contribution >= 0.6 is 0 Å². The predicted octanol–water partition coefficient (Wildman–Crippen LogP) is 2.91. The van der Waals surface area contributed by atoms with Gasteiger partial charge in [0.2, 0.25) is 0 Å². The molecule has 0 bridgehead atoms. The minimum absolute atomic E-state index is 0.535. The van der Waals surface area contributed by atoms with Gasteiger partial charge in [-0.1, -0.05) is 25.7 Å². The molecule has 1 radical (unpaired) electrons. The van der Waals surface area contributed by atoms with Crippen LogP contribution in [-0.4, -0.2) is 6.10 Å². The summed E-state index contributed by atoms with van der Waals surface area (Å²) in [5.74, 6) is 0. The molecule has 0 aliphatic heterocycles. The molecule has 0 saturated heterocycles. The average molecular weight is 141 g/mol. The second kappa shape index (κ2) is 4.73. The van der Waals surface area contributed by atoms with Gasteiger partial charge < -0.3 is 4.74 Å². The van der Waals surface area contributed by atoms with Gasteiger partial charge in [0.25, 0.3) is 0 Å². The molecule has 59 valence electrons. The lowest BCUT2D eigenvalue weighted by Gasteiger charge is -2.12. The molecule has 0 N–H and O–H groups in total. The summed E-state index contributed by atoms with van der Waals surface area (Å²) in [7, 11) is 0. The van der Waals surface area contributed by atoms with Crippen LogP contribution in [0.1, 0.15) is 45.4 Å². The van der Waals surface area contributed by atoms with Gasteiger partial charge in [0, 0.05) is 0 Å². The van der Waals surface area contributed by atoms with Crippen molar-refractivity contribution in [3.63, 3.8) is 0 Å². The van der Waals surface area contributed by atoms with E-state index in [0.717, 1.165) is 0 Å². The Kier molecular flexibility index (Phi) is 3.81. The first kappa shape index (κ1) is 8.06. The maximum absolute atomic E-state index is 5.44. The third-order valence-electron chi connectivity index (χ3n) is 2.13. The molecular formula is C9H17O. The Morgan fingerprint density at radius 1 is 1.10 bits per heavy atom. The predicted molar refractivity (Wildman–Crippen MR) is 42.5 cm³/mol. The van der Waals surface area contributed by atoms with E-state index in [0.29, 0.717) is 6.10 Å². The minimum Gasteiger partial charge on any atom is -0.373 e. The summed E-state index contributed by atoms with van der Waals surface area (Å²) in [6.45, 7) is 3.79. The molecule has 0 aromatic rings. The van der Waals surface area contributed by atoms with Crippen LogP contribution in [0, 0.1) is 6.61 Å². The Bertz CT molecular complexity index is 72.8. The summed E-state index contributed by atoms with van der Waals surface area (Å²) >= 11 is 0. The van der Waals surface area contributed by atoms with E-state index in [1.807, 2.05) is 13.5 Å². The lowest BCUT2D eigenvalue weighted by molar-refractivity contribution is 0.0959. The second-order valence-corrected chi connectivity index (χ2v) is 2.99. The summed E-state index contributed by atoms with van der Waals surface area (Å²) in [5.41, 5.74) is 0. The summed E-state index contributed by atoms with van der Waals surface area (Å²) in [6, 6.07) is 0. The van der Waals surface area contributed by atoms with Crippen molar-refractivity contribution in [2.75, 3.05) is 0 Å². The van der Waals surface area contributed by atoms with Crippen molar-refractivity contribution in [2.24, 2.45) is 0 Å². The second-order valence-electron chi connectivity index (χ2n) is 2.99. The van der Waals surface area contributed by atoms with Crippen molar-refractivity contribution < 1.29 is 4.74 Å². The molecule has 1 saturated carbocycles. The molecule has 1 rings (SSSR count). The average Bonchev–Trinajstić information content (AvgIpc) is 2.17. The molecule has 0 amide bonds. The minimum atomic E-state index is 0.535. The zero-order valence-electron chi connectivity index (χ0n) is 6.81. The number of ether oxygens (including phenoxy) is 1. The zero-order valence-corrected chi connectivity index (χ0v) is 6.81. The summed E-state index contributed by atoms with van der Waals surface area (Å²) in [5, 5.41) is 0. The van der Waals surface area contributed by atoms with E-state index in [-0.39, 0.29) is 0 Å². The third-order valence-corrected chi connectivity index (χ3v) is 2.13. The highest BCUT2D eigenvalue weighted by Gasteiger charge is 2.10. The molecule has 0 heterocycles. The van der Waals surface area contributed by atoms with Crippen molar-refractivity contribution in [1.29, 1.82) is 0 Å². The Morgan fingerprint density at radius 3 is 2.20 bits per heavy atom. The Morgan fingerprint density at radius 2 is 1.70 bits per heavy atom. The van der Waals surface area contributed by atoms with E-state index in [1.54, 1.807) is 0 Å². The third kappa shape index (κ3) is 2.70. The fourth-order valence-electron chi connectivity index (χ4n) is 1.57. The molecule has 0 spiro atoms. The molecule has 10 heavy (non-hydrogen) atoms. The Hall–Kier alpha value is -0.0400. The normalized spacial score (nSPS) is 22.5. The first-order chi connectivity index (χ1) is 4.93. The van der Waals surface area contributed by atoms with Gasteiger partial charge in [0.1, 0.15) is 0 Å². The Balaban J connectivity index is 2.15. The standard InChI is InChI=1S/C9H17O/c1-2-10-9-7-5-3-4-6-8-9/h2,9H,3-8H2,1H3. The quantitative estimate of drug-likeness (QED) is 0.537. The van der Waals surface area contributed by atoms with E-state index in [4.69, 9.17) is 4.74 Å². The highest BCUT2D eigenvalue weighted by Crippen LogP contribution is 2.19. The van der Waals surface area contributed by atoms with Gasteiger partial charge in [-0.25, -0.2) is 0 Å². The molecule has 1 aliphatic rings. The first-order valence-electron chi connectivity index (χ1n) is 4.37. The molecule has 1 aliphatic carbocycles. The molecule has 0 aromatic heterocycles. The number of hydrogen-bond donors (Lipinski definition) is 0. The van der Waals surface area contributed by atoms with Gasteiger partial charge in [0.05, 0.1) is 12.7 Å². The van der Waals surface area contributed by atoms with Gasteiger partial charge in [-0.15, -0.1) is 0 Å². The fraction of sp³-hybridized carbons (Fsp3) is 0.889. The van der Waals surface area contributed by atoms with Crippen LogP contribution in [0.5, 0.6) is 0 Å². The molecular weight excluding hydrogens is 124 g/mol. The van der Waals surface area contributed by atoms with Crippen LogP contribution in [-0.2, 0) is 4.74 Å². The highest BCUT2D eigenvalue weighted by molar-refractivity contribution is 4.64. The maximum Gasteiger partial charge on any atom is 0.0809 e. The van der Waals surface area contributed by atoms with Crippen molar-refractivity contribution >= 4 is 0 Å². The van der Waals surface area contributed by atoms with Crippen molar-refractivity contribution in [3.05, 3.63) is 6.61 Å². The van der Waals surface area contributed by atoms with Crippen molar-refractivity contribution in [3.8, 4) is 0 Å². The van der Waals surface area contributed by atoms with E-state index in [1.165, 1.54) is 38.5 Å². The molecule has 0 atom stereocenters. The van der Waals surface area contributed by atoms with Crippen LogP contribution in [0.25, 0.3) is 0 Å². The molecule has 0 unspecified atom stereocenters. The van der Waals surface area contributed by atoms with Gasteiger partial charge in [0.15, 0.2) is 0 Å². The lowest BCUT2D eigenvalue weighted by atomic mass is 10.2. The Labute approximate surface area is 63.8 Å². The summed E-state index contributed by atoms with van der Waals surface area (Å²) in [6.07, 6.45) is 8.60. The number of hydrogen-bond acceptors (Lipinski definition) is 1. The molecule has 0 aromatic carbocycles. The van der Waals surface area contributed by atoms with Crippen LogP contribution < -0.4 is 0 Å². The van der Waals surface area contributed by atoms with Crippen LogP contribution in [0.4, 0.5) is 0 Å². The van der Waals surface area contributed by atoms with E-state index in [2.05, 4.69) is 0 Å². The van der Waals surface area contributed by atoms with Gasteiger partial charge in [-0.05, 0) is 19.8 Å². The fourth-order valence-corrected chi connectivity index (χ4v) is 1.57. The topological polar surface area (TPSA) is 9.23 Å². The van der Waals surface area contributed by atoms with Crippen LogP contribution in [0.15, 0.2) is 0 Å². The number of rotatable bonds is 2. The monoisotopic (exact) mass is 141 g/mol. The highest BCUT2D eigenvalue weighted by atomic mass is 16.5. The first-order valence-corrected chi connectivity index (χ1v) is 4.37. The van der Waals surface area contributed by atoms with Gasteiger partial charge >= 0.3 is 0 Å². The summed E-state index contributed by atoms with van der Waals surface area (Å²) in [4.78, 5) is 0. The lowest BCUT2D eigenvalue weighted by Crippen LogP contribution is -2.08. The zero-order chi connectivity index (χ0) is 7.23. The smallest absolute Gasteiger partial charge is 0.0809 e. The van der Waals surface area contributed by atoms with Crippen molar-refractivity contribution in [1.82, 2.24) is 0 Å². The van der Waals surface area contributed by atoms with E-state index in [9.17, 15) is 0 Å². The SMILES string of the molecule is C[CH]OC1CCCCCC1. The van der Waals surface area contributed by atoms with Gasteiger partial charge in [-0.2, -0.15) is 0 Å².